The second kappa shape index (κ2) is 7.43. The number of hydrogen-bond acceptors (Lipinski definition) is 4. The molecule has 0 N–H and O–H groups in total. The second-order valence-electron chi connectivity index (χ2n) is 4.95. The number of para-hydroxylation sites is 1. The van der Waals surface area contributed by atoms with Gasteiger partial charge in [0, 0.05) is 15.9 Å². The molecule has 0 spiro atoms. The number of thiol groups is 1. The van der Waals surface area contributed by atoms with E-state index in [0.717, 1.165) is 25.0 Å². The van der Waals surface area contributed by atoms with Crippen LogP contribution in [0.15, 0.2) is 83.4 Å². The predicted molar refractivity (Wildman–Crippen MR) is 103 cm³/mol. The first kappa shape index (κ1) is 16.4. The van der Waals surface area contributed by atoms with Crippen molar-refractivity contribution in [1.82, 2.24) is 0 Å². The van der Waals surface area contributed by atoms with Crippen LogP contribution in [-0.4, -0.2) is 6.21 Å². The van der Waals surface area contributed by atoms with Gasteiger partial charge in [0.1, 0.15) is 5.76 Å². The van der Waals surface area contributed by atoms with E-state index < -0.39 is 0 Å². The van der Waals surface area contributed by atoms with Gasteiger partial charge in [0.2, 0.25) is 0 Å². The maximum atomic E-state index is 5.85. The summed E-state index contributed by atoms with van der Waals surface area (Å²) in [5, 5.41) is 0.814. The van der Waals surface area contributed by atoms with E-state index in [1.807, 2.05) is 30.3 Å². The zero-order valence-corrected chi connectivity index (χ0v) is 15.7. The third kappa shape index (κ3) is 4.31. The molecule has 0 fully saturated rings. The molecule has 0 bridgehead atoms. The zero-order valence-electron chi connectivity index (χ0n) is 12.4. The molecule has 0 saturated carbocycles. The lowest BCUT2D eigenvalue weighted by Gasteiger charge is -1.99. The molecular formula is C18H14BrNOS2. The lowest BCUT2D eigenvalue weighted by molar-refractivity contribution is 0.466. The summed E-state index contributed by atoms with van der Waals surface area (Å²) >= 11 is 9.50. The molecule has 0 amide bonds. The fraction of sp³-hybridized carbons (Fsp3) is 0.0556. The van der Waals surface area contributed by atoms with Gasteiger partial charge in [-0.15, -0.1) is 12.6 Å². The highest BCUT2D eigenvalue weighted by molar-refractivity contribution is 9.10. The predicted octanol–water partition coefficient (Wildman–Crippen LogP) is 6.54. The topological polar surface area (TPSA) is 25.5 Å². The molecule has 0 aliphatic carbocycles. The minimum Gasteiger partial charge on any atom is -0.447 e. The fourth-order valence-corrected chi connectivity index (χ4v) is 3.47. The van der Waals surface area contributed by atoms with Crippen molar-refractivity contribution < 1.29 is 4.42 Å². The summed E-state index contributed by atoms with van der Waals surface area (Å²) in [5.41, 5.74) is 2.06. The van der Waals surface area contributed by atoms with Crippen molar-refractivity contribution in [2.45, 2.75) is 21.8 Å². The van der Waals surface area contributed by atoms with Crippen LogP contribution in [0.2, 0.25) is 0 Å². The first-order chi connectivity index (χ1) is 11.1. The van der Waals surface area contributed by atoms with Gasteiger partial charge in [-0.2, -0.15) is 0 Å². The van der Waals surface area contributed by atoms with Crippen LogP contribution in [0.3, 0.4) is 0 Å². The Balaban J connectivity index is 1.78. The summed E-state index contributed by atoms with van der Waals surface area (Å²) in [7, 11) is 0. The van der Waals surface area contributed by atoms with Crippen LogP contribution >= 0.6 is 40.3 Å². The molecule has 0 atom stereocenters. The highest BCUT2D eigenvalue weighted by atomic mass is 79.9. The van der Waals surface area contributed by atoms with E-state index in [1.54, 1.807) is 18.0 Å². The molecule has 5 heteroatoms. The molecule has 1 aromatic heterocycles. The summed E-state index contributed by atoms with van der Waals surface area (Å²) in [6.45, 7) is 2.07. The maximum Gasteiger partial charge on any atom is 0.179 e. The van der Waals surface area contributed by atoms with E-state index in [4.69, 9.17) is 4.42 Å². The Bertz CT molecular complexity index is 840. The van der Waals surface area contributed by atoms with Crippen molar-refractivity contribution in [3.05, 3.63) is 70.4 Å². The molecule has 3 aromatic rings. The number of benzene rings is 2. The van der Waals surface area contributed by atoms with Crippen molar-refractivity contribution in [1.29, 1.82) is 0 Å². The lowest BCUT2D eigenvalue weighted by Crippen LogP contribution is -1.75. The Hall–Kier alpha value is -1.43. The molecule has 116 valence electrons. The molecule has 1 heterocycles. The van der Waals surface area contributed by atoms with E-state index in [2.05, 4.69) is 64.7 Å². The number of furan rings is 1. The van der Waals surface area contributed by atoms with Gasteiger partial charge in [-0.3, -0.25) is 4.99 Å². The molecule has 23 heavy (non-hydrogen) atoms. The van der Waals surface area contributed by atoms with Crippen LogP contribution in [0.25, 0.3) is 0 Å². The van der Waals surface area contributed by atoms with Gasteiger partial charge in [0.15, 0.2) is 5.09 Å². The zero-order chi connectivity index (χ0) is 16.2. The minimum atomic E-state index is 0.697. The molecule has 0 radical (unpaired) electrons. The van der Waals surface area contributed by atoms with Gasteiger partial charge in [-0.25, -0.2) is 0 Å². The van der Waals surface area contributed by atoms with E-state index in [-0.39, 0.29) is 0 Å². The SMILES string of the molecule is Cc1ccc(Sc2oc(C=Nc3ccccc3S)cc2Br)cc1. The number of aryl methyl sites for hydroxylation is 1. The third-order valence-corrected chi connectivity index (χ3v) is 5.34. The van der Waals surface area contributed by atoms with Crippen molar-refractivity contribution in [3.8, 4) is 0 Å². The number of rotatable bonds is 4. The van der Waals surface area contributed by atoms with Crippen LogP contribution in [0, 0.1) is 6.92 Å². The van der Waals surface area contributed by atoms with Gasteiger partial charge < -0.3 is 4.42 Å². The first-order valence-electron chi connectivity index (χ1n) is 6.98. The Kier molecular flexibility index (Phi) is 5.30. The molecule has 2 nitrogen and oxygen atoms in total. The van der Waals surface area contributed by atoms with Gasteiger partial charge in [-0.05, 0) is 47.1 Å². The molecule has 2 aromatic carbocycles. The molecule has 3 rings (SSSR count). The van der Waals surface area contributed by atoms with Crippen LogP contribution in [0.4, 0.5) is 5.69 Å². The number of nitrogens with zero attached hydrogens (tertiary/aromatic N) is 1. The summed E-state index contributed by atoms with van der Waals surface area (Å²) in [5.74, 6) is 0.697. The lowest BCUT2D eigenvalue weighted by atomic mass is 10.2. The van der Waals surface area contributed by atoms with Crippen LogP contribution in [0.5, 0.6) is 0 Å². The largest absolute Gasteiger partial charge is 0.447 e. The van der Waals surface area contributed by atoms with E-state index >= 15 is 0 Å². The van der Waals surface area contributed by atoms with Gasteiger partial charge >= 0.3 is 0 Å². The van der Waals surface area contributed by atoms with Gasteiger partial charge in [-0.1, -0.05) is 41.6 Å². The van der Waals surface area contributed by atoms with E-state index in [0.29, 0.717) is 5.76 Å². The van der Waals surface area contributed by atoms with Crippen molar-refractivity contribution >= 4 is 52.2 Å². The summed E-state index contributed by atoms with van der Waals surface area (Å²) in [4.78, 5) is 6.39. The summed E-state index contributed by atoms with van der Waals surface area (Å²) in [6, 6.07) is 18.0. The molecule has 0 aliphatic heterocycles. The Morgan fingerprint density at radius 1 is 1.13 bits per heavy atom. The maximum absolute atomic E-state index is 5.85. The van der Waals surface area contributed by atoms with Crippen molar-refractivity contribution in [2.24, 2.45) is 4.99 Å². The minimum absolute atomic E-state index is 0.697. The van der Waals surface area contributed by atoms with Gasteiger partial charge in [0.05, 0.1) is 16.4 Å². The Morgan fingerprint density at radius 2 is 1.87 bits per heavy atom. The molecule has 0 unspecified atom stereocenters. The molecule has 0 aliphatic rings. The van der Waals surface area contributed by atoms with E-state index in [1.165, 1.54) is 5.56 Å². The second-order valence-corrected chi connectivity index (χ2v) is 7.33. The van der Waals surface area contributed by atoms with Crippen molar-refractivity contribution in [3.63, 3.8) is 0 Å². The average Bonchev–Trinajstić information content (AvgIpc) is 2.89. The van der Waals surface area contributed by atoms with Gasteiger partial charge in [0.25, 0.3) is 0 Å². The Morgan fingerprint density at radius 3 is 2.61 bits per heavy atom. The third-order valence-electron chi connectivity index (χ3n) is 3.12. The normalized spacial score (nSPS) is 11.3. The number of halogens is 1. The fourth-order valence-electron chi connectivity index (χ4n) is 1.92. The quantitative estimate of drug-likeness (QED) is 0.395. The Labute approximate surface area is 153 Å². The van der Waals surface area contributed by atoms with Crippen LogP contribution in [-0.2, 0) is 0 Å². The number of hydrogen-bond donors (Lipinski definition) is 1. The average molecular weight is 404 g/mol. The highest BCUT2D eigenvalue weighted by Gasteiger charge is 2.09. The smallest absolute Gasteiger partial charge is 0.179 e. The number of aliphatic imine (C=N–C) groups is 1. The van der Waals surface area contributed by atoms with Crippen LogP contribution in [0.1, 0.15) is 11.3 Å². The molecular weight excluding hydrogens is 390 g/mol. The summed E-state index contributed by atoms with van der Waals surface area (Å²) in [6.07, 6.45) is 1.71. The highest BCUT2D eigenvalue weighted by Crippen LogP contribution is 2.35. The van der Waals surface area contributed by atoms with E-state index in [9.17, 15) is 0 Å². The van der Waals surface area contributed by atoms with Crippen LogP contribution < -0.4 is 0 Å². The monoisotopic (exact) mass is 403 g/mol. The molecule has 0 saturated heterocycles. The standard InChI is InChI=1S/C18H14BrNOS2/c1-12-6-8-14(9-7-12)23-18-15(19)10-13(21-18)11-20-16-4-2-3-5-17(16)22/h2-11,22H,1H3. The first-order valence-corrected chi connectivity index (χ1v) is 9.03. The van der Waals surface area contributed by atoms with Crippen molar-refractivity contribution in [2.75, 3.05) is 0 Å². The summed E-state index contributed by atoms with van der Waals surface area (Å²) < 4.78 is 6.77.